The van der Waals surface area contributed by atoms with Crippen LogP contribution in [0.2, 0.25) is 0 Å². The molecule has 2 aliphatic heterocycles. The fourth-order valence-corrected chi connectivity index (χ4v) is 3.30. The monoisotopic (exact) mass is 418 g/mol. The standard InChI is InChI=1S/C17H26N6O2.2ClH/c24-15(13-14-3-1-5-18-14)19-8-4-16(25)22-9-11-23(12-10-22)17-20-6-2-7-21-17;;/h2,6-7,14,18H,1,3-5,8-13H2,(H,19,24);2*1H. The molecule has 1 unspecified atom stereocenters. The zero-order chi connectivity index (χ0) is 17.5. The highest BCUT2D eigenvalue weighted by atomic mass is 35.5. The summed E-state index contributed by atoms with van der Waals surface area (Å²) in [5.41, 5.74) is 0. The zero-order valence-electron chi connectivity index (χ0n) is 15.3. The third kappa shape index (κ3) is 7.12. The van der Waals surface area contributed by atoms with Gasteiger partial charge in [0.15, 0.2) is 0 Å². The van der Waals surface area contributed by atoms with Crippen LogP contribution < -0.4 is 15.5 Å². The number of carbonyl (C=O) groups is 2. The maximum absolute atomic E-state index is 12.3. The lowest BCUT2D eigenvalue weighted by atomic mass is 10.1. The van der Waals surface area contributed by atoms with Crippen molar-refractivity contribution < 1.29 is 9.59 Å². The first-order valence-corrected chi connectivity index (χ1v) is 9.02. The van der Waals surface area contributed by atoms with Crippen molar-refractivity contribution in [3.05, 3.63) is 18.5 Å². The van der Waals surface area contributed by atoms with Crippen molar-refractivity contribution in [1.82, 2.24) is 25.5 Å². The molecule has 2 amide bonds. The van der Waals surface area contributed by atoms with Crippen LogP contribution >= 0.6 is 24.8 Å². The summed E-state index contributed by atoms with van der Waals surface area (Å²) in [4.78, 5) is 36.6. The lowest BCUT2D eigenvalue weighted by Crippen LogP contribution is -2.49. The number of hydrogen-bond donors (Lipinski definition) is 2. The van der Waals surface area contributed by atoms with Gasteiger partial charge in [0.05, 0.1) is 0 Å². The number of nitrogens with one attached hydrogen (secondary N) is 2. The molecule has 0 saturated carbocycles. The number of anilines is 1. The molecule has 152 valence electrons. The number of carbonyl (C=O) groups excluding carboxylic acids is 2. The number of halogens is 2. The van der Waals surface area contributed by atoms with Crippen LogP contribution in [0.5, 0.6) is 0 Å². The molecule has 2 saturated heterocycles. The number of aromatic nitrogens is 2. The molecular formula is C17H28Cl2N6O2. The van der Waals surface area contributed by atoms with Gasteiger partial charge in [-0.1, -0.05) is 0 Å². The SMILES string of the molecule is Cl.Cl.O=C(CC1CCCN1)NCCC(=O)N1CCN(c2ncccn2)CC1. The molecule has 0 radical (unpaired) electrons. The molecule has 10 heteroatoms. The summed E-state index contributed by atoms with van der Waals surface area (Å²) >= 11 is 0. The lowest BCUT2D eigenvalue weighted by molar-refractivity contribution is -0.131. The van der Waals surface area contributed by atoms with Gasteiger partial charge in [-0.15, -0.1) is 24.8 Å². The molecule has 2 N–H and O–H groups in total. The maximum atomic E-state index is 12.3. The molecule has 27 heavy (non-hydrogen) atoms. The van der Waals surface area contributed by atoms with Gasteiger partial charge in [-0.3, -0.25) is 9.59 Å². The minimum Gasteiger partial charge on any atom is -0.356 e. The van der Waals surface area contributed by atoms with Gasteiger partial charge in [0, 0.05) is 64.0 Å². The van der Waals surface area contributed by atoms with Crippen molar-refractivity contribution in [3.8, 4) is 0 Å². The molecule has 0 bridgehead atoms. The van der Waals surface area contributed by atoms with Crippen LogP contribution in [-0.4, -0.2) is 72.0 Å². The quantitative estimate of drug-likeness (QED) is 0.703. The molecule has 1 aromatic rings. The number of rotatable bonds is 6. The van der Waals surface area contributed by atoms with Crippen LogP contribution in [0, 0.1) is 0 Å². The second-order valence-electron chi connectivity index (χ2n) is 6.51. The highest BCUT2D eigenvalue weighted by Gasteiger charge is 2.22. The van der Waals surface area contributed by atoms with Crippen LogP contribution in [-0.2, 0) is 9.59 Å². The minimum absolute atomic E-state index is 0. The molecule has 3 rings (SSSR count). The number of hydrogen-bond acceptors (Lipinski definition) is 6. The maximum Gasteiger partial charge on any atom is 0.225 e. The second-order valence-corrected chi connectivity index (χ2v) is 6.51. The molecule has 1 aromatic heterocycles. The number of nitrogens with zero attached hydrogens (tertiary/aromatic N) is 4. The molecular weight excluding hydrogens is 391 g/mol. The normalized spacial score (nSPS) is 19.0. The van der Waals surface area contributed by atoms with E-state index in [0.717, 1.165) is 32.5 Å². The Morgan fingerprint density at radius 1 is 1.15 bits per heavy atom. The zero-order valence-corrected chi connectivity index (χ0v) is 16.9. The van der Waals surface area contributed by atoms with Crippen LogP contribution in [0.3, 0.4) is 0 Å². The fraction of sp³-hybridized carbons (Fsp3) is 0.647. The number of amides is 2. The molecule has 1 atom stereocenters. The Labute approximate surface area is 172 Å². The van der Waals surface area contributed by atoms with Crippen molar-refractivity contribution in [2.24, 2.45) is 0 Å². The third-order valence-corrected chi connectivity index (χ3v) is 4.72. The van der Waals surface area contributed by atoms with Gasteiger partial charge in [-0.2, -0.15) is 0 Å². The first-order valence-electron chi connectivity index (χ1n) is 9.02. The van der Waals surface area contributed by atoms with Crippen molar-refractivity contribution in [2.45, 2.75) is 31.7 Å². The lowest BCUT2D eigenvalue weighted by Gasteiger charge is -2.34. The number of piperazine rings is 1. The van der Waals surface area contributed by atoms with Gasteiger partial charge in [0.1, 0.15) is 0 Å². The fourth-order valence-electron chi connectivity index (χ4n) is 3.30. The molecule has 2 aliphatic rings. The van der Waals surface area contributed by atoms with E-state index in [0.29, 0.717) is 44.5 Å². The molecule has 0 aliphatic carbocycles. The van der Waals surface area contributed by atoms with Crippen LogP contribution in [0.25, 0.3) is 0 Å². The Balaban J connectivity index is 0.00000182. The van der Waals surface area contributed by atoms with E-state index in [9.17, 15) is 9.59 Å². The Morgan fingerprint density at radius 3 is 2.48 bits per heavy atom. The van der Waals surface area contributed by atoms with Crippen LogP contribution in [0.1, 0.15) is 25.7 Å². The van der Waals surface area contributed by atoms with Crippen molar-refractivity contribution in [1.29, 1.82) is 0 Å². The summed E-state index contributed by atoms with van der Waals surface area (Å²) in [5, 5.41) is 6.16. The topological polar surface area (TPSA) is 90.5 Å². The molecule has 3 heterocycles. The summed E-state index contributed by atoms with van der Waals surface area (Å²) in [6.07, 6.45) is 6.50. The van der Waals surface area contributed by atoms with E-state index >= 15 is 0 Å². The average molecular weight is 419 g/mol. The Bertz CT molecular complexity index is 578. The Morgan fingerprint density at radius 2 is 1.85 bits per heavy atom. The van der Waals surface area contributed by atoms with Gasteiger partial charge >= 0.3 is 0 Å². The van der Waals surface area contributed by atoms with E-state index in [4.69, 9.17) is 0 Å². The molecule has 0 aromatic carbocycles. The smallest absolute Gasteiger partial charge is 0.225 e. The van der Waals surface area contributed by atoms with Gasteiger partial charge in [-0.05, 0) is 25.5 Å². The summed E-state index contributed by atoms with van der Waals surface area (Å²) < 4.78 is 0. The third-order valence-electron chi connectivity index (χ3n) is 4.72. The van der Waals surface area contributed by atoms with Crippen molar-refractivity contribution in [2.75, 3.05) is 44.2 Å². The van der Waals surface area contributed by atoms with Gasteiger partial charge in [0.25, 0.3) is 0 Å². The summed E-state index contributed by atoms with van der Waals surface area (Å²) in [6, 6.07) is 2.09. The summed E-state index contributed by atoms with van der Waals surface area (Å²) in [7, 11) is 0. The Hall–Kier alpha value is -1.64. The Kier molecular flexibility index (Phi) is 10.4. The van der Waals surface area contributed by atoms with Crippen LogP contribution in [0.4, 0.5) is 5.95 Å². The van der Waals surface area contributed by atoms with Crippen LogP contribution in [0.15, 0.2) is 18.5 Å². The van der Waals surface area contributed by atoms with Gasteiger partial charge in [-0.25, -0.2) is 9.97 Å². The average Bonchev–Trinajstić information content (AvgIpc) is 3.15. The first kappa shape index (κ1) is 23.4. The highest BCUT2D eigenvalue weighted by molar-refractivity contribution is 5.85. The van der Waals surface area contributed by atoms with E-state index in [1.807, 2.05) is 4.90 Å². The van der Waals surface area contributed by atoms with E-state index < -0.39 is 0 Å². The van der Waals surface area contributed by atoms with E-state index in [-0.39, 0.29) is 36.6 Å². The van der Waals surface area contributed by atoms with E-state index in [1.54, 1.807) is 18.5 Å². The van der Waals surface area contributed by atoms with Gasteiger partial charge in [0.2, 0.25) is 17.8 Å². The second kappa shape index (κ2) is 11.9. The molecule has 0 spiro atoms. The molecule has 8 nitrogen and oxygen atoms in total. The minimum atomic E-state index is 0. The predicted molar refractivity (Wildman–Crippen MR) is 109 cm³/mol. The first-order chi connectivity index (χ1) is 12.2. The van der Waals surface area contributed by atoms with E-state index in [1.165, 1.54) is 0 Å². The summed E-state index contributed by atoms with van der Waals surface area (Å²) in [5.74, 6) is 0.827. The van der Waals surface area contributed by atoms with Gasteiger partial charge < -0.3 is 20.4 Å². The largest absolute Gasteiger partial charge is 0.356 e. The summed E-state index contributed by atoms with van der Waals surface area (Å²) in [6.45, 7) is 4.20. The molecule has 2 fully saturated rings. The highest BCUT2D eigenvalue weighted by Crippen LogP contribution is 2.10. The van der Waals surface area contributed by atoms with E-state index in [2.05, 4.69) is 25.5 Å². The predicted octanol–water partition coefficient (Wildman–Crippen LogP) is 0.617. The van der Waals surface area contributed by atoms with Crippen molar-refractivity contribution >= 4 is 42.6 Å². The van der Waals surface area contributed by atoms with Crippen molar-refractivity contribution in [3.63, 3.8) is 0 Å².